The number of methoxy groups -OCH3 is 1. The largest absolute Gasteiger partial charge is 0.496 e. The highest BCUT2D eigenvalue weighted by Gasteiger charge is 2.28. The van der Waals surface area contributed by atoms with Crippen LogP contribution < -0.4 is 15.0 Å². The summed E-state index contributed by atoms with van der Waals surface area (Å²) in [7, 11) is 1.67. The van der Waals surface area contributed by atoms with E-state index >= 15 is 0 Å². The summed E-state index contributed by atoms with van der Waals surface area (Å²) in [6.45, 7) is 6.97. The SMILES string of the molecule is CCOc1ccc2[nH]c(=O)c(CN(Cc3ccccc3OC)C(CC)c3nnnn3CC3CCCO3)cc2c1. The minimum Gasteiger partial charge on any atom is -0.496 e. The van der Waals surface area contributed by atoms with Gasteiger partial charge in [0.15, 0.2) is 5.82 Å². The third-order valence-electron chi connectivity index (χ3n) is 7.23. The Morgan fingerprint density at radius 2 is 2.00 bits per heavy atom. The van der Waals surface area contributed by atoms with E-state index in [0.717, 1.165) is 59.7 Å². The molecule has 2 aromatic heterocycles. The van der Waals surface area contributed by atoms with E-state index in [2.05, 4.69) is 32.3 Å². The van der Waals surface area contributed by atoms with Gasteiger partial charge in [-0.25, -0.2) is 4.68 Å². The van der Waals surface area contributed by atoms with Gasteiger partial charge in [0, 0.05) is 41.7 Å². The number of tetrazole rings is 1. The second-order valence-corrected chi connectivity index (χ2v) is 9.80. The molecule has 0 amide bonds. The summed E-state index contributed by atoms with van der Waals surface area (Å²) < 4.78 is 19.1. The van der Waals surface area contributed by atoms with Crippen molar-refractivity contribution >= 4 is 10.9 Å². The first kappa shape index (κ1) is 26.8. The fourth-order valence-corrected chi connectivity index (χ4v) is 5.32. The molecule has 0 spiro atoms. The highest BCUT2D eigenvalue weighted by atomic mass is 16.5. The van der Waals surface area contributed by atoms with Crippen LogP contribution in [0.5, 0.6) is 11.5 Å². The molecule has 1 N–H and O–H groups in total. The molecule has 3 heterocycles. The monoisotopic (exact) mass is 532 g/mol. The van der Waals surface area contributed by atoms with Crippen molar-refractivity contribution < 1.29 is 14.2 Å². The number of pyridine rings is 1. The van der Waals surface area contributed by atoms with E-state index in [1.165, 1.54) is 0 Å². The number of hydrogen-bond donors (Lipinski definition) is 1. The molecule has 1 aliphatic heterocycles. The second kappa shape index (κ2) is 12.4. The van der Waals surface area contributed by atoms with Crippen LogP contribution in [-0.2, 0) is 24.4 Å². The highest BCUT2D eigenvalue weighted by Crippen LogP contribution is 2.30. The summed E-state index contributed by atoms with van der Waals surface area (Å²) in [6, 6.07) is 15.5. The van der Waals surface area contributed by atoms with Gasteiger partial charge in [-0.05, 0) is 66.9 Å². The number of H-pyrrole nitrogens is 1. The molecule has 10 heteroatoms. The van der Waals surface area contributed by atoms with E-state index < -0.39 is 0 Å². The van der Waals surface area contributed by atoms with Crippen molar-refractivity contribution in [3.8, 4) is 11.5 Å². The summed E-state index contributed by atoms with van der Waals surface area (Å²) in [5.74, 6) is 2.33. The van der Waals surface area contributed by atoms with Crippen molar-refractivity contribution in [2.45, 2.75) is 64.9 Å². The maximum absolute atomic E-state index is 13.2. The van der Waals surface area contributed by atoms with Crippen molar-refractivity contribution in [2.24, 2.45) is 0 Å². The molecule has 2 atom stereocenters. The van der Waals surface area contributed by atoms with Crippen molar-refractivity contribution in [3.63, 3.8) is 0 Å². The summed E-state index contributed by atoms with van der Waals surface area (Å²) in [6.07, 6.45) is 2.91. The van der Waals surface area contributed by atoms with Gasteiger partial charge >= 0.3 is 0 Å². The van der Waals surface area contributed by atoms with Gasteiger partial charge in [0.2, 0.25) is 0 Å². The van der Waals surface area contributed by atoms with Gasteiger partial charge in [-0.1, -0.05) is 25.1 Å². The number of nitrogens with zero attached hydrogens (tertiary/aromatic N) is 5. The van der Waals surface area contributed by atoms with Crippen LogP contribution in [0.2, 0.25) is 0 Å². The average Bonchev–Trinajstić information content (AvgIpc) is 3.63. The Hall–Kier alpha value is -3.76. The predicted molar refractivity (Wildman–Crippen MR) is 148 cm³/mol. The average molecular weight is 533 g/mol. The topological polar surface area (TPSA) is 107 Å². The Bertz CT molecular complexity index is 1450. The molecule has 0 saturated carbocycles. The molecule has 1 fully saturated rings. The number of aromatic nitrogens is 5. The number of aromatic amines is 1. The van der Waals surface area contributed by atoms with Crippen LogP contribution in [0.15, 0.2) is 53.3 Å². The number of fused-ring (bicyclic) bond motifs is 1. The lowest BCUT2D eigenvalue weighted by atomic mass is 10.1. The summed E-state index contributed by atoms with van der Waals surface area (Å²) in [5, 5.41) is 13.7. The van der Waals surface area contributed by atoms with Gasteiger partial charge in [-0.15, -0.1) is 5.10 Å². The van der Waals surface area contributed by atoms with Crippen LogP contribution in [0, 0.1) is 0 Å². The number of ether oxygens (including phenoxy) is 3. The highest BCUT2D eigenvalue weighted by molar-refractivity contribution is 5.80. The number of rotatable bonds is 12. The van der Waals surface area contributed by atoms with Crippen molar-refractivity contribution in [2.75, 3.05) is 20.3 Å². The summed E-state index contributed by atoms with van der Waals surface area (Å²) >= 11 is 0. The lowest BCUT2D eigenvalue weighted by Crippen LogP contribution is -2.33. The summed E-state index contributed by atoms with van der Waals surface area (Å²) in [4.78, 5) is 18.5. The molecule has 39 heavy (non-hydrogen) atoms. The zero-order valence-electron chi connectivity index (χ0n) is 22.8. The predicted octanol–water partition coefficient (Wildman–Crippen LogP) is 4.25. The molecular weight excluding hydrogens is 496 g/mol. The summed E-state index contributed by atoms with van der Waals surface area (Å²) in [5.41, 5.74) is 2.33. The lowest BCUT2D eigenvalue weighted by Gasteiger charge is -2.31. The second-order valence-electron chi connectivity index (χ2n) is 9.80. The van der Waals surface area contributed by atoms with Crippen LogP contribution in [0.4, 0.5) is 0 Å². The van der Waals surface area contributed by atoms with Crippen LogP contribution in [-0.4, -0.2) is 56.5 Å². The minimum absolute atomic E-state index is 0.107. The molecule has 0 bridgehead atoms. The molecule has 2 aromatic carbocycles. The van der Waals surface area contributed by atoms with Gasteiger partial charge < -0.3 is 19.2 Å². The van der Waals surface area contributed by atoms with Crippen LogP contribution in [0.3, 0.4) is 0 Å². The zero-order chi connectivity index (χ0) is 27.2. The van der Waals surface area contributed by atoms with Crippen LogP contribution >= 0.6 is 0 Å². The maximum atomic E-state index is 13.2. The molecule has 5 rings (SSSR count). The first-order valence-electron chi connectivity index (χ1n) is 13.6. The van der Waals surface area contributed by atoms with E-state index in [0.29, 0.717) is 31.8 Å². The zero-order valence-corrected chi connectivity index (χ0v) is 22.8. The minimum atomic E-state index is -0.142. The normalized spacial score (nSPS) is 16.2. The van der Waals surface area contributed by atoms with E-state index in [9.17, 15) is 4.79 Å². The third kappa shape index (κ3) is 6.12. The van der Waals surface area contributed by atoms with Crippen LogP contribution in [0.25, 0.3) is 10.9 Å². The molecular formula is C29H36N6O4. The van der Waals surface area contributed by atoms with E-state index in [1.54, 1.807) is 7.11 Å². The molecule has 10 nitrogen and oxygen atoms in total. The Kier molecular flexibility index (Phi) is 8.53. The number of para-hydroxylation sites is 1. The maximum Gasteiger partial charge on any atom is 0.252 e. The van der Waals surface area contributed by atoms with Gasteiger partial charge in [0.05, 0.1) is 32.4 Å². The Labute approximate surface area is 227 Å². The lowest BCUT2D eigenvalue weighted by molar-refractivity contribution is 0.0887. The molecule has 4 aromatic rings. The van der Waals surface area contributed by atoms with E-state index in [-0.39, 0.29) is 17.7 Å². The van der Waals surface area contributed by atoms with Gasteiger partial charge in [-0.2, -0.15) is 0 Å². The van der Waals surface area contributed by atoms with E-state index in [1.807, 2.05) is 60.1 Å². The van der Waals surface area contributed by atoms with Crippen molar-refractivity contribution in [1.29, 1.82) is 0 Å². The fourth-order valence-electron chi connectivity index (χ4n) is 5.32. The molecule has 1 aliphatic rings. The molecule has 0 radical (unpaired) electrons. The van der Waals surface area contributed by atoms with Crippen LogP contribution in [0.1, 0.15) is 56.1 Å². The van der Waals surface area contributed by atoms with E-state index in [4.69, 9.17) is 14.2 Å². The smallest absolute Gasteiger partial charge is 0.252 e. The van der Waals surface area contributed by atoms with Gasteiger partial charge in [0.25, 0.3) is 5.56 Å². The molecule has 0 aliphatic carbocycles. The van der Waals surface area contributed by atoms with Crippen molar-refractivity contribution in [3.05, 3.63) is 75.8 Å². The first-order valence-corrected chi connectivity index (χ1v) is 13.6. The third-order valence-corrected chi connectivity index (χ3v) is 7.23. The first-order chi connectivity index (χ1) is 19.1. The number of hydrogen-bond acceptors (Lipinski definition) is 8. The van der Waals surface area contributed by atoms with Gasteiger partial charge in [-0.3, -0.25) is 9.69 Å². The Morgan fingerprint density at radius 1 is 1.15 bits per heavy atom. The quantitative estimate of drug-likeness (QED) is 0.289. The molecule has 2 unspecified atom stereocenters. The number of nitrogens with one attached hydrogen (secondary N) is 1. The van der Waals surface area contributed by atoms with Crippen molar-refractivity contribution in [1.82, 2.24) is 30.1 Å². The standard InChI is InChI=1S/C29H36N6O4/c1-4-26(28-31-32-33-35(28)19-24-10-8-14-39-24)34(17-20-9-6-7-11-27(20)37-3)18-22-15-21-16-23(38-5-2)12-13-25(21)30-29(22)36/h6-7,9,11-13,15-16,24,26H,4-5,8,10,14,17-19H2,1-3H3,(H,30,36). The van der Waals surface area contributed by atoms with Gasteiger partial charge in [0.1, 0.15) is 11.5 Å². The molecule has 206 valence electrons. The Morgan fingerprint density at radius 3 is 2.77 bits per heavy atom. The molecule has 1 saturated heterocycles. The fraction of sp³-hybridized carbons (Fsp3) is 0.448. The Balaban J connectivity index is 1.52. The number of benzene rings is 2.